The van der Waals surface area contributed by atoms with Gasteiger partial charge in [0.1, 0.15) is 0 Å². The predicted molar refractivity (Wildman–Crippen MR) is 79.7 cm³/mol. The summed E-state index contributed by atoms with van der Waals surface area (Å²) in [5.74, 6) is -1.08. The highest BCUT2D eigenvalue weighted by molar-refractivity contribution is 6.33. The summed E-state index contributed by atoms with van der Waals surface area (Å²) in [7, 11) is 0. The van der Waals surface area contributed by atoms with E-state index in [9.17, 15) is 9.59 Å². The van der Waals surface area contributed by atoms with Crippen molar-refractivity contribution in [2.24, 2.45) is 11.3 Å². The largest absolute Gasteiger partial charge is 0.478 e. The van der Waals surface area contributed by atoms with Gasteiger partial charge in [-0.15, -0.1) is 0 Å². The van der Waals surface area contributed by atoms with Crippen LogP contribution >= 0.6 is 11.6 Å². The van der Waals surface area contributed by atoms with Crippen LogP contribution in [0.4, 0.5) is 5.69 Å². The van der Waals surface area contributed by atoms with Gasteiger partial charge in [0.05, 0.1) is 16.3 Å². The molecular formula is C15H17ClN2O3. The number of carbonyl (C=O) groups is 2. The SMILES string of the molecule is O=C(O)c1ccc(Cl)c(NC(=O)C2CC23CCNCC3)c1. The van der Waals surface area contributed by atoms with Crippen LogP contribution in [-0.2, 0) is 4.79 Å². The number of halogens is 1. The molecule has 3 rings (SSSR count). The number of anilines is 1. The summed E-state index contributed by atoms with van der Waals surface area (Å²) in [6.45, 7) is 1.91. The Morgan fingerprint density at radius 3 is 2.71 bits per heavy atom. The van der Waals surface area contributed by atoms with Crippen LogP contribution in [0.15, 0.2) is 18.2 Å². The Hall–Kier alpha value is -1.59. The molecule has 5 nitrogen and oxygen atoms in total. The lowest BCUT2D eigenvalue weighted by atomic mass is 9.92. The first-order valence-electron chi connectivity index (χ1n) is 7.06. The summed E-state index contributed by atoms with van der Waals surface area (Å²) < 4.78 is 0. The first-order valence-corrected chi connectivity index (χ1v) is 7.44. The summed E-state index contributed by atoms with van der Waals surface area (Å²) in [6, 6.07) is 4.32. The number of benzene rings is 1. The van der Waals surface area contributed by atoms with Crippen molar-refractivity contribution in [1.29, 1.82) is 0 Å². The van der Waals surface area contributed by atoms with Crippen molar-refractivity contribution in [3.05, 3.63) is 28.8 Å². The molecule has 2 aliphatic rings. The molecule has 1 saturated carbocycles. The first-order chi connectivity index (χ1) is 10.0. The molecule has 21 heavy (non-hydrogen) atoms. The minimum absolute atomic E-state index is 0.0177. The van der Waals surface area contributed by atoms with Gasteiger partial charge >= 0.3 is 5.97 Å². The average Bonchev–Trinajstić information content (AvgIpc) is 3.15. The Labute approximate surface area is 127 Å². The van der Waals surface area contributed by atoms with Crippen molar-refractivity contribution >= 4 is 29.2 Å². The van der Waals surface area contributed by atoms with Crippen LogP contribution in [0.25, 0.3) is 0 Å². The predicted octanol–water partition coefficient (Wildman–Crippen LogP) is 2.37. The highest BCUT2D eigenvalue weighted by Gasteiger charge is 2.57. The van der Waals surface area contributed by atoms with E-state index < -0.39 is 5.97 Å². The zero-order valence-corrected chi connectivity index (χ0v) is 12.2. The van der Waals surface area contributed by atoms with Gasteiger partial charge in [0.15, 0.2) is 0 Å². The minimum atomic E-state index is -1.04. The fourth-order valence-corrected chi connectivity index (χ4v) is 3.33. The number of carbonyl (C=O) groups excluding carboxylic acids is 1. The molecule has 3 N–H and O–H groups in total. The number of rotatable bonds is 3. The topological polar surface area (TPSA) is 78.4 Å². The molecule has 1 aromatic rings. The van der Waals surface area contributed by atoms with E-state index in [1.54, 1.807) is 0 Å². The number of carboxylic acid groups (broad SMARTS) is 1. The first kappa shape index (κ1) is 14.4. The fraction of sp³-hybridized carbons (Fsp3) is 0.467. The van der Waals surface area contributed by atoms with Crippen molar-refractivity contribution in [3.8, 4) is 0 Å². The van der Waals surface area contributed by atoms with Crippen molar-refractivity contribution in [2.75, 3.05) is 18.4 Å². The van der Waals surface area contributed by atoms with Crippen molar-refractivity contribution in [3.63, 3.8) is 0 Å². The highest BCUT2D eigenvalue weighted by Crippen LogP contribution is 2.58. The van der Waals surface area contributed by atoms with Crippen LogP contribution in [0.5, 0.6) is 0 Å². The quantitative estimate of drug-likeness (QED) is 0.801. The summed E-state index contributed by atoms with van der Waals surface area (Å²) >= 11 is 6.03. The highest BCUT2D eigenvalue weighted by atomic mass is 35.5. The fourth-order valence-electron chi connectivity index (χ4n) is 3.17. The molecule has 112 valence electrons. The maximum absolute atomic E-state index is 12.3. The summed E-state index contributed by atoms with van der Waals surface area (Å²) in [5, 5.41) is 15.4. The number of piperidine rings is 1. The maximum atomic E-state index is 12.3. The smallest absolute Gasteiger partial charge is 0.335 e. The van der Waals surface area contributed by atoms with E-state index in [2.05, 4.69) is 10.6 Å². The monoisotopic (exact) mass is 308 g/mol. The van der Waals surface area contributed by atoms with Gasteiger partial charge in [-0.3, -0.25) is 4.79 Å². The van der Waals surface area contributed by atoms with Crippen LogP contribution < -0.4 is 10.6 Å². The molecule has 1 atom stereocenters. The van der Waals surface area contributed by atoms with Crippen molar-refractivity contribution in [2.45, 2.75) is 19.3 Å². The van der Waals surface area contributed by atoms with Crippen LogP contribution in [0.1, 0.15) is 29.6 Å². The molecule has 1 aliphatic carbocycles. The average molecular weight is 309 g/mol. The Balaban J connectivity index is 1.71. The number of amides is 1. The maximum Gasteiger partial charge on any atom is 0.335 e. The van der Waals surface area contributed by atoms with Crippen LogP contribution in [0, 0.1) is 11.3 Å². The number of nitrogens with one attached hydrogen (secondary N) is 2. The van der Waals surface area contributed by atoms with E-state index in [0.717, 1.165) is 32.4 Å². The molecule has 0 radical (unpaired) electrons. The molecule has 6 heteroatoms. The Kier molecular flexibility index (Phi) is 3.63. The molecule has 1 spiro atoms. The summed E-state index contributed by atoms with van der Waals surface area (Å²) in [5.41, 5.74) is 0.631. The number of hydrogen-bond donors (Lipinski definition) is 3. The van der Waals surface area contributed by atoms with Crippen LogP contribution in [0.2, 0.25) is 5.02 Å². The third kappa shape index (κ3) is 2.76. The Bertz CT molecular complexity index is 597. The summed E-state index contributed by atoms with van der Waals surface area (Å²) in [4.78, 5) is 23.3. The molecule has 0 aromatic heterocycles. The molecule has 1 saturated heterocycles. The molecule has 1 unspecified atom stereocenters. The second-order valence-electron chi connectivity index (χ2n) is 5.86. The lowest BCUT2D eigenvalue weighted by Gasteiger charge is -2.23. The minimum Gasteiger partial charge on any atom is -0.478 e. The third-order valence-corrected chi connectivity index (χ3v) is 4.91. The number of carboxylic acids is 1. The standard InChI is InChI=1S/C15H17ClN2O3/c16-11-2-1-9(14(20)21)7-12(11)18-13(19)10-8-15(10)3-5-17-6-4-15/h1-2,7,10,17H,3-6,8H2,(H,18,19)(H,20,21). The molecule has 1 aromatic carbocycles. The zero-order chi connectivity index (χ0) is 15.0. The van der Waals surface area contributed by atoms with Crippen LogP contribution in [-0.4, -0.2) is 30.1 Å². The number of hydrogen-bond acceptors (Lipinski definition) is 3. The van der Waals surface area contributed by atoms with Gasteiger partial charge in [-0.1, -0.05) is 11.6 Å². The lowest BCUT2D eigenvalue weighted by Crippen LogP contribution is -2.31. The van der Waals surface area contributed by atoms with Gasteiger partial charge in [-0.25, -0.2) is 4.79 Å². The van der Waals surface area contributed by atoms with E-state index in [1.807, 2.05) is 0 Å². The Morgan fingerprint density at radius 1 is 1.33 bits per heavy atom. The molecule has 1 amide bonds. The molecule has 1 aliphatic heterocycles. The lowest BCUT2D eigenvalue weighted by molar-refractivity contribution is -0.118. The second-order valence-corrected chi connectivity index (χ2v) is 6.27. The molecule has 1 heterocycles. The molecule has 0 bridgehead atoms. The van der Waals surface area contributed by atoms with Gasteiger partial charge < -0.3 is 15.7 Å². The number of aromatic carboxylic acids is 1. The van der Waals surface area contributed by atoms with Gasteiger partial charge in [0.25, 0.3) is 0 Å². The van der Waals surface area contributed by atoms with Crippen LogP contribution in [0.3, 0.4) is 0 Å². The van der Waals surface area contributed by atoms with E-state index in [0.29, 0.717) is 10.7 Å². The van der Waals surface area contributed by atoms with Crippen molar-refractivity contribution in [1.82, 2.24) is 5.32 Å². The van der Waals surface area contributed by atoms with Gasteiger partial charge in [-0.05, 0) is 56.0 Å². The Morgan fingerprint density at radius 2 is 2.05 bits per heavy atom. The van der Waals surface area contributed by atoms with Gasteiger partial charge in [0, 0.05) is 5.92 Å². The van der Waals surface area contributed by atoms with E-state index in [1.165, 1.54) is 18.2 Å². The zero-order valence-electron chi connectivity index (χ0n) is 11.5. The van der Waals surface area contributed by atoms with E-state index >= 15 is 0 Å². The molecule has 2 fully saturated rings. The van der Waals surface area contributed by atoms with E-state index in [-0.39, 0.29) is 22.8 Å². The summed E-state index contributed by atoms with van der Waals surface area (Å²) in [6.07, 6.45) is 2.96. The van der Waals surface area contributed by atoms with Gasteiger partial charge in [-0.2, -0.15) is 0 Å². The third-order valence-electron chi connectivity index (χ3n) is 4.58. The second kappa shape index (κ2) is 5.31. The van der Waals surface area contributed by atoms with Gasteiger partial charge in [0.2, 0.25) is 5.91 Å². The molecular weight excluding hydrogens is 292 g/mol. The van der Waals surface area contributed by atoms with E-state index in [4.69, 9.17) is 16.7 Å². The van der Waals surface area contributed by atoms with Crippen molar-refractivity contribution < 1.29 is 14.7 Å². The normalized spacial score (nSPS) is 22.8.